The van der Waals surface area contributed by atoms with Gasteiger partial charge in [-0.1, -0.05) is 121 Å². The van der Waals surface area contributed by atoms with E-state index in [-0.39, 0.29) is 11.5 Å². The van der Waals surface area contributed by atoms with Crippen LogP contribution in [0.4, 0.5) is 0 Å². The van der Waals surface area contributed by atoms with E-state index in [1.165, 1.54) is 0 Å². The van der Waals surface area contributed by atoms with Crippen LogP contribution >= 0.6 is 0 Å². The summed E-state index contributed by atoms with van der Waals surface area (Å²) >= 11 is 0. The number of hydrogen-bond acceptors (Lipinski definition) is 7. The number of aromatic nitrogens is 5. The van der Waals surface area contributed by atoms with Crippen molar-refractivity contribution in [3.8, 4) is 67.9 Å². The standard InChI is InChI=1S/C47H29N5O2/c53-43-36(23-19-28-15-9-25-48-41(28)43)39-33-17-7-8-18-34(33)40(37-24-20-29-16-10-26-49-42(29)44(37)54)38-27-32(21-22-35(38)39)47-51-45(30-11-3-1-4-12-30)50-46(52-47)31-13-5-2-6-14-31/h1-27,53-54H. The van der Waals surface area contributed by atoms with Crippen molar-refractivity contribution in [3.05, 3.63) is 164 Å². The predicted molar refractivity (Wildman–Crippen MR) is 216 cm³/mol. The summed E-state index contributed by atoms with van der Waals surface area (Å²) in [6.07, 6.45) is 3.38. The first-order valence-corrected chi connectivity index (χ1v) is 17.6. The molecule has 0 fully saturated rings. The second-order valence-electron chi connectivity index (χ2n) is 13.2. The van der Waals surface area contributed by atoms with Gasteiger partial charge in [-0.2, -0.15) is 0 Å². The van der Waals surface area contributed by atoms with Gasteiger partial charge in [0.05, 0.1) is 0 Å². The number of aromatic hydroxyl groups is 2. The normalized spacial score (nSPS) is 11.5. The highest BCUT2D eigenvalue weighted by Gasteiger charge is 2.23. The lowest BCUT2D eigenvalue weighted by molar-refractivity contribution is 0.482. The molecule has 0 bridgehead atoms. The molecule has 0 atom stereocenters. The highest BCUT2D eigenvalue weighted by Crippen LogP contribution is 2.49. The van der Waals surface area contributed by atoms with E-state index in [4.69, 9.17) is 15.0 Å². The third-order valence-electron chi connectivity index (χ3n) is 10.0. The van der Waals surface area contributed by atoms with Gasteiger partial charge in [-0.05, 0) is 51.9 Å². The largest absolute Gasteiger partial charge is 0.505 e. The monoisotopic (exact) mass is 695 g/mol. The van der Waals surface area contributed by atoms with Crippen LogP contribution in [0.5, 0.6) is 11.5 Å². The van der Waals surface area contributed by atoms with Gasteiger partial charge in [-0.25, -0.2) is 15.0 Å². The summed E-state index contributed by atoms with van der Waals surface area (Å²) in [5, 5.41) is 29.0. The molecule has 7 nitrogen and oxygen atoms in total. The van der Waals surface area contributed by atoms with Crippen LogP contribution < -0.4 is 0 Å². The Labute approximate surface area is 309 Å². The van der Waals surface area contributed by atoms with E-state index in [1.807, 2.05) is 127 Å². The van der Waals surface area contributed by atoms with Crippen LogP contribution in [0.15, 0.2) is 164 Å². The third-order valence-corrected chi connectivity index (χ3v) is 10.0. The van der Waals surface area contributed by atoms with E-state index in [0.29, 0.717) is 39.6 Å². The number of hydrogen-bond donors (Lipinski definition) is 2. The molecule has 10 rings (SSSR count). The first-order valence-electron chi connectivity index (χ1n) is 17.6. The minimum Gasteiger partial charge on any atom is -0.505 e. The highest BCUT2D eigenvalue weighted by molar-refractivity contribution is 6.23. The molecule has 0 spiro atoms. The summed E-state index contributed by atoms with van der Waals surface area (Å²) in [4.78, 5) is 24.1. The second-order valence-corrected chi connectivity index (χ2v) is 13.2. The molecule has 0 saturated carbocycles. The Morgan fingerprint density at radius 2 is 0.796 bits per heavy atom. The lowest BCUT2D eigenvalue weighted by atomic mass is 9.84. The van der Waals surface area contributed by atoms with Crippen molar-refractivity contribution in [2.24, 2.45) is 0 Å². The maximum Gasteiger partial charge on any atom is 0.164 e. The lowest BCUT2D eigenvalue weighted by Gasteiger charge is -2.20. The summed E-state index contributed by atoms with van der Waals surface area (Å²) in [7, 11) is 0. The van der Waals surface area contributed by atoms with Crippen molar-refractivity contribution in [1.82, 2.24) is 24.9 Å². The van der Waals surface area contributed by atoms with Crippen LogP contribution in [0.3, 0.4) is 0 Å². The van der Waals surface area contributed by atoms with Gasteiger partial charge in [-0.3, -0.25) is 9.97 Å². The molecule has 0 aliphatic rings. The SMILES string of the molecule is Oc1c(-c2c3ccccc3c(-c3ccc4cccnc4c3O)c3cc(-c4nc(-c5ccccc5)nc(-c5ccccc5)n4)ccc23)ccc2cccnc12. The molecule has 254 valence electrons. The first kappa shape index (κ1) is 31.2. The quantitative estimate of drug-likeness (QED) is 0.173. The summed E-state index contributed by atoms with van der Waals surface area (Å²) in [5.41, 5.74) is 6.54. The van der Waals surface area contributed by atoms with Gasteiger partial charge in [0.25, 0.3) is 0 Å². The molecule has 7 heteroatoms. The zero-order valence-electron chi connectivity index (χ0n) is 28.7. The number of phenolic OH excluding ortho intramolecular Hbond substituents is 2. The number of pyridine rings is 2. The van der Waals surface area contributed by atoms with Crippen LogP contribution in [-0.4, -0.2) is 35.1 Å². The molecule has 7 aromatic carbocycles. The van der Waals surface area contributed by atoms with E-state index in [9.17, 15) is 10.2 Å². The van der Waals surface area contributed by atoms with Crippen molar-refractivity contribution in [2.45, 2.75) is 0 Å². The summed E-state index contributed by atoms with van der Waals surface area (Å²) in [5.74, 6) is 1.82. The van der Waals surface area contributed by atoms with Gasteiger partial charge in [0, 0.05) is 62.1 Å². The second kappa shape index (κ2) is 12.6. The molecule has 0 amide bonds. The van der Waals surface area contributed by atoms with Gasteiger partial charge >= 0.3 is 0 Å². The highest BCUT2D eigenvalue weighted by atomic mass is 16.3. The molecule has 0 aliphatic carbocycles. The van der Waals surface area contributed by atoms with E-state index >= 15 is 0 Å². The van der Waals surface area contributed by atoms with Gasteiger partial charge in [0.2, 0.25) is 0 Å². The number of fused-ring (bicyclic) bond motifs is 4. The third kappa shape index (κ3) is 5.10. The number of phenols is 2. The van der Waals surface area contributed by atoms with Crippen molar-refractivity contribution in [2.75, 3.05) is 0 Å². The Bertz CT molecular complexity index is 3020. The van der Waals surface area contributed by atoms with Crippen molar-refractivity contribution in [3.63, 3.8) is 0 Å². The van der Waals surface area contributed by atoms with Crippen LogP contribution in [0.2, 0.25) is 0 Å². The molecule has 0 unspecified atom stereocenters. The summed E-state index contributed by atoms with van der Waals surface area (Å²) in [6.45, 7) is 0. The first-order chi connectivity index (χ1) is 26.6. The van der Waals surface area contributed by atoms with Crippen molar-refractivity contribution in [1.29, 1.82) is 0 Å². The Morgan fingerprint density at radius 1 is 0.352 bits per heavy atom. The topological polar surface area (TPSA) is 105 Å². The summed E-state index contributed by atoms with van der Waals surface area (Å²) in [6, 6.07) is 49.5. The zero-order chi connectivity index (χ0) is 36.2. The fourth-order valence-corrected chi connectivity index (χ4v) is 7.50. The van der Waals surface area contributed by atoms with E-state index < -0.39 is 0 Å². The number of rotatable bonds is 5. The Balaban J connectivity index is 1.32. The number of nitrogens with zero attached hydrogens (tertiary/aromatic N) is 5. The molecule has 0 aliphatic heterocycles. The molecule has 0 saturated heterocycles. The Hall–Kier alpha value is -7.51. The molecule has 2 N–H and O–H groups in total. The summed E-state index contributed by atoms with van der Waals surface area (Å²) < 4.78 is 0. The van der Waals surface area contributed by atoms with Crippen molar-refractivity contribution >= 4 is 43.4 Å². The maximum atomic E-state index is 11.9. The van der Waals surface area contributed by atoms with E-state index in [2.05, 4.69) is 34.2 Å². The molecule has 3 heterocycles. The molecular formula is C47H29N5O2. The van der Waals surface area contributed by atoms with Gasteiger partial charge in [-0.15, -0.1) is 0 Å². The van der Waals surface area contributed by atoms with Gasteiger partial charge < -0.3 is 10.2 Å². The molecule has 54 heavy (non-hydrogen) atoms. The molecule has 10 aromatic rings. The van der Waals surface area contributed by atoms with Crippen LogP contribution in [0.25, 0.3) is 99.8 Å². The molecule has 0 radical (unpaired) electrons. The molecular weight excluding hydrogens is 667 g/mol. The van der Waals surface area contributed by atoms with Gasteiger partial charge in [0.15, 0.2) is 17.5 Å². The van der Waals surface area contributed by atoms with Crippen LogP contribution in [0, 0.1) is 0 Å². The van der Waals surface area contributed by atoms with E-state index in [0.717, 1.165) is 60.1 Å². The fraction of sp³-hybridized carbons (Fsp3) is 0. The number of benzene rings is 7. The fourth-order valence-electron chi connectivity index (χ4n) is 7.50. The average Bonchev–Trinajstić information content (AvgIpc) is 3.24. The predicted octanol–water partition coefficient (Wildman–Crippen LogP) is 11.0. The molecule has 3 aromatic heterocycles. The zero-order valence-corrected chi connectivity index (χ0v) is 28.7. The lowest BCUT2D eigenvalue weighted by Crippen LogP contribution is -2.00. The Morgan fingerprint density at radius 3 is 1.31 bits per heavy atom. The minimum absolute atomic E-state index is 0.0911. The van der Waals surface area contributed by atoms with Crippen molar-refractivity contribution < 1.29 is 10.2 Å². The smallest absolute Gasteiger partial charge is 0.164 e. The Kier molecular flexibility index (Phi) is 7.30. The van der Waals surface area contributed by atoms with Crippen LogP contribution in [-0.2, 0) is 0 Å². The van der Waals surface area contributed by atoms with E-state index in [1.54, 1.807) is 12.4 Å². The average molecular weight is 696 g/mol. The van der Waals surface area contributed by atoms with Gasteiger partial charge in [0.1, 0.15) is 22.5 Å². The van der Waals surface area contributed by atoms with Crippen LogP contribution in [0.1, 0.15) is 0 Å². The maximum absolute atomic E-state index is 11.9. The minimum atomic E-state index is 0.0911.